The molecule has 0 amide bonds. The molecule has 0 saturated heterocycles. The zero-order chi connectivity index (χ0) is 18.5. The van der Waals surface area contributed by atoms with E-state index in [2.05, 4.69) is 39.7 Å². The van der Waals surface area contributed by atoms with Gasteiger partial charge in [-0.15, -0.1) is 0 Å². The van der Waals surface area contributed by atoms with Crippen molar-refractivity contribution < 1.29 is 9.57 Å². The minimum Gasteiger partial charge on any atom is -0.346 e. The van der Waals surface area contributed by atoms with Crippen molar-refractivity contribution in [2.24, 2.45) is 5.92 Å². The van der Waals surface area contributed by atoms with Crippen LogP contribution in [0.15, 0.2) is 0 Å². The van der Waals surface area contributed by atoms with Crippen LogP contribution in [-0.2, 0) is 9.57 Å². The van der Waals surface area contributed by atoms with Gasteiger partial charge in [0.2, 0.25) is 0 Å². The molecule has 150 valence electrons. The molecule has 1 fully saturated rings. The molecule has 0 aliphatic heterocycles. The first-order chi connectivity index (χ1) is 12.0. The van der Waals surface area contributed by atoms with E-state index in [4.69, 9.17) is 9.57 Å². The van der Waals surface area contributed by atoms with Crippen LogP contribution in [0.1, 0.15) is 112 Å². The van der Waals surface area contributed by atoms with E-state index in [-0.39, 0.29) is 0 Å². The monoisotopic (exact) mass is 355 g/mol. The van der Waals surface area contributed by atoms with Gasteiger partial charge in [0, 0.05) is 13.1 Å². The molecule has 0 atom stereocenters. The highest BCUT2D eigenvalue weighted by molar-refractivity contribution is 4.74. The summed E-state index contributed by atoms with van der Waals surface area (Å²) >= 11 is 0. The van der Waals surface area contributed by atoms with Gasteiger partial charge in [-0.1, -0.05) is 59.3 Å². The van der Waals surface area contributed by atoms with Crippen molar-refractivity contribution in [1.82, 2.24) is 5.06 Å². The summed E-state index contributed by atoms with van der Waals surface area (Å²) in [6.45, 7) is 13.0. The second-order valence-corrected chi connectivity index (χ2v) is 8.38. The van der Waals surface area contributed by atoms with Crippen LogP contribution in [0.25, 0.3) is 0 Å². The van der Waals surface area contributed by atoms with Crippen LogP contribution < -0.4 is 0 Å². The summed E-state index contributed by atoms with van der Waals surface area (Å²) in [6, 6.07) is 0. The van der Waals surface area contributed by atoms with E-state index in [0.717, 1.165) is 19.0 Å². The van der Waals surface area contributed by atoms with Crippen molar-refractivity contribution in [3.63, 3.8) is 0 Å². The third-order valence-electron chi connectivity index (χ3n) is 5.31. The molecule has 0 N–H and O–H groups in total. The zero-order valence-corrected chi connectivity index (χ0v) is 17.8. The van der Waals surface area contributed by atoms with Crippen LogP contribution in [0.3, 0.4) is 0 Å². The van der Waals surface area contributed by atoms with Crippen molar-refractivity contribution in [2.75, 3.05) is 13.1 Å². The number of hydroxylamine groups is 2. The van der Waals surface area contributed by atoms with E-state index in [1.54, 1.807) is 0 Å². The molecule has 1 aliphatic carbocycles. The molecule has 3 nitrogen and oxygen atoms in total. The third kappa shape index (κ3) is 10.6. The van der Waals surface area contributed by atoms with Gasteiger partial charge in [-0.2, -0.15) is 5.06 Å². The van der Waals surface area contributed by atoms with E-state index < -0.39 is 5.79 Å². The van der Waals surface area contributed by atoms with Gasteiger partial charge < -0.3 is 4.74 Å². The fourth-order valence-corrected chi connectivity index (χ4v) is 3.96. The van der Waals surface area contributed by atoms with Gasteiger partial charge in [-0.25, -0.2) is 0 Å². The standard InChI is InChI=1S/C22H45NO2/c1-6-9-11-18-23(19-12-10-7-2)25-22(4,5)24-21-16-14-20(13-8-3)15-17-21/h20-21H,6-19H2,1-5H3. The van der Waals surface area contributed by atoms with E-state index in [9.17, 15) is 0 Å². The lowest BCUT2D eigenvalue weighted by molar-refractivity contribution is -0.345. The fraction of sp³-hybridized carbons (Fsp3) is 1.00. The molecule has 0 aromatic rings. The SMILES string of the molecule is CCCCCN(CCCCC)OC(C)(C)OC1CCC(CCC)CC1. The summed E-state index contributed by atoms with van der Waals surface area (Å²) in [7, 11) is 0. The second-order valence-electron chi connectivity index (χ2n) is 8.38. The quantitative estimate of drug-likeness (QED) is 0.196. The van der Waals surface area contributed by atoms with E-state index in [0.29, 0.717) is 6.10 Å². The Kier molecular flexibility index (Phi) is 12.0. The van der Waals surface area contributed by atoms with Crippen molar-refractivity contribution in [1.29, 1.82) is 0 Å². The molecule has 0 aromatic heterocycles. The Bertz CT molecular complexity index is 301. The van der Waals surface area contributed by atoms with Gasteiger partial charge in [0.1, 0.15) is 0 Å². The minimum absolute atomic E-state index is 0.372. The molecule has 0 heterocycles. The maximum Gasteiger partial charge on any atom is 0.182 e. The molecule has 0 spiro atoms. The van der Waals surface area contributed by atoms with E-state index in [1.165, 1.54) is 77.0 Å². The fourth-order valence-electron chi connectivity index (χ4n) is 3.96. The first kappa shape index (κ1) is 22.9. The first-order valence-corrected chi connectivity index (χ1v) is 11.1. The summed E-state index contributed by atoms with van der Waals surface area (Å²) in [5.74, 6) is 0.411. The Hall–Kier alpha value is -0.120. The summed E-state index contributed by atoms with van der Waals surface area (Å²) in [6.07, 6.45) is 15.6. The average molecular weight is 356 g/mol. The number of unbranched alkanes of at least 4 members (excludes halogenated alkanes) is 4. The summed E-state index contributed by atoms with van der Waals surface area (Å²) in [5.41, 5.74) is 0. The molecule has 1 rings (SSSR count). The van der Waals surface area contributed by atoms with Crippen LogP contribution in [0, 0.1) is 5.92 Å². The molecule has 1 saturated carbocycles. The molecule has 0 unspecified atom stereocenters. The molecule has 0 bridgehead atoms. The lowest BCUT2D eigenvalue weighted by Crippen LogP contribution is -2.42. The first-order valence-electron chi connectivity index (χ1n) is 11.1. The van der Waals surface area contributed by atoms with Gasteiger partial charge in [0.05, 0.1) is 6.10 Å². The molecule has 0 aromatic carbocycles. The molecule has 0 radical (unpaired) electrons. The predicted molar refractivity (Wildman–Crippen MR) is 108 cm³/mol. The third-order valence-corrected chi connectivity index (χ3v) is 5.31. The molecular formula is C22H45NO2. The molecule has 1 aliphatic rings. The van der Waals surface area contributed by atoms with Crippen LogP contribution in [-0.4, -0.2) is 30.0 Å². The van der Waals surface area contributed by atoms with E-state index >= 15 is 0 Å². The van der Waals surface area contributed by atoms with Crippen LogP contribution in [0.5, 0.6) is 0 Å². The Morgan fingerprint density at radius 3 is 1.84 bits per heavy atom. The van der Waals surface area contributed by atoms with Crippen molar-refractivity contribution in [3.8, 4) is 0 Å². The number of hydrogen-bond acceptors (Lipinski definition) is 3. The van der Waals surface area contributed by atoms with Gasteiger partial charge in [0.15, 0.2) is 5.79 Å². The van der Waals surface area contributed by atoms with Crippen LogP contribution in [0.2, 0.25) is 0 Å². The van der Waals surface area contributed by atoms with E-state index in [1.807, 2.05) is 0 Å². The van der Waals surface area contributed by atoms with Crippen molar-refractivity contribution >= 4 is 0 Å². The summed E-state index contributed by atoms with van der Waals surface area (Å²) in [4.78, 5) is 6.32. The Balaban J connectivity index is 2.41. The Labute approximate surface area is 157 Å². The summed E-state index contributed by atoms with van der Waals surface area (Å²) < 4.78 is 6.38. The number of hydrogen-bond donors (Lipinski definition) is 0. The highest BCUT2D eigenvalue weighted by Crippen LogP contribution is 2.32. The average Bonchev–Trinajstić information content (AvgIpc) is 2.56. The maximum atomic E-state index is 6.38. The number of nitrogens with zero attached hydrogens (tertiary/aromatic N) is 1. The van der Waals surface area contributed by atoms with Crippen LogP contribution >= 0.6 is 0 Å². The minimum atomic E-state index is -0.513. The highest BCUT2D eigenvalue weighted by Gasteiger charge is 2.30. The highest BCUT2D eigenvalue weighted by atomic mass is 16.8. The number of rotatable bonds is 14. The lowest BCUT2D eigenvalue weighted by atomic mass is 9.84. The van der Waals surface area contributed by atoms with Gasteiger partial charge >= 0.3 is 0 Å². The number of ether oxygens (including phenoxy) is 1. The lowest BCUT2D eigenvalue weighted by Gasteiger charge is -2.37. The molecule has 3 heteroatoms. The normalized spacial score (nSPS) is 21.8. The Morgan fingerprint density at radius 2 is 1.36 bits per heavy atom. The van der Waals surface area contributed by atoms with Gasteiger partial charge in [-0.3, -0.25) is 4.84 Å². The van der Waals surface area contributed by atoms with Crippen molar-refractivity contribution in [3.05, 3.63) is 0 Å². The smallest absolute Gasteiger partial charge is 0.182 e. The largest absolute Gasteiger partial charge is 0.346 e. The Morgan fingerprint density at radius 1 is 0.800 bits per heavy atom. The maximum absolute atomic E-state index is 6.38. The zero-order valence-electron chi connectivity index (χ0n) is 17.8. The van der Waals surface area contributed by atoms with Crippen molar-refractivity contribution in [2.45, 2.75) is 124 Å². The molecular weight excluding hydrogens is 310 g/mol. The van der Waals surface area contributed by atoms with Gasteiger partial charge in [0.25, 0.3) is 0 Å². The molecule has 25 heavy (non-hydrogen) atoms. The van der Waals surface area contributed by atoms with Crippen LogP contribution in [0.4, 0.5) is 0 Å². The second kappa shape index (κ2) is 13.1. The van der Waals surface area contributed by atoms with Gasteiger partial charge in [-0.05, 0) is 58.3 Å². The summed E-state index contributed by atoms with van der Waals surface area (Å²) in [5, 5.41) is 2.17. The topological polar surface area (TPSA) is 21.7 Å². The predicted octanol–water partition coefficient (Wildman–Crippen LogP) is 6.71.